The highest BCUT2D eigenvalue weighted by molar-refractivity contribution is 9.10. The molecule has 1 aliphatic rings. The number of hydrogen-bond donors (Lipinski definition) is 1. The van der Waals surface area contributed by atoms with E-state index in [-0.39, 0.29) is 22.5 Å². The minimum absolute atomic E-state index is 0.160. The number of benzene rings is 1. The van der Waals surface area contributed by atoms with Crippen molar-refractivity contribution in [1.82, 2.24) is 0 Å². The van der Waals surface area contributed by atoms with Gasteiger partial charge in [0.1, 0.15) is 10.6 Å². The van der Waals surface area contributed by atoms with Gasteiger partial charge in [0.15, 0.2) is 0 Å². The van der Waals surface area contributed by atoms with Crippen LogP contribution in [0.4, 0.5) is 53.3 Å². The SMILES string of the molecule is COC(=O)c1c(-c2ccc(Br)cc2)csc1NC(=O)C1(F)C(F)(F)C(F)(F)C(F)(F)C(F)(F)C1(F)F. The van der Waals surface area contributed by atoms with Crippen molar-refractivity contribution < 1.29 is 62.6 Å². The Balaban J connectivity index is 2.17. The van der Waals surface area contributed by atoms with Crippen molar-refractivity contribution in [3.05, 3.63) is 39.7 Å². The maximum atomic E-state index is 15.0. The predicted molar refractivity (Wildman–Crippen MR) is 106 cm³/mol. The Morgan fingerprint density at radius 2 is 1.25 bits per heavy atom. The van der Waals surface area contributed by atoms with Crippen LogP contribution < -0.4 is 5.32 Å². The molecule has 3 rings (SSSR count). The van der Waals surface area contributed by atoms with Gasteiger partial charge in [0.2, 0.25) is 0 Å². The lowest BCUT2D eigenvalue weighted by atomic mass is 9.71. The summed E-state index contributed by atoms with van der Waals surface area (Å²) >= 11 is 3.29. The van der Waals surface area contributed by atoms with Crippen LogP contribution in [0, 0.1) is 0 Å². The molecular weight excluding hydrogens is 611 g/mol. The van der Waals surface area contributed by atoms with E-state index in [1.807, 2.05) is 0 Å². The average molecular weight is 620 g/mol. The molecule has 1 heterocycles. The maximum Gasteiger partial charge on any atom is 0.384 e. The zero-order chi connectivity index (χ0) is 27.7. The molecule has 0 radical (unpaired) electrons. The lowest BCUT2D eigenvalue weighted by molar-refractivity contribution is -0.475. The fraction of sp³-hybridized carbons (Fsp3) is 0.368. The summed E-state index contributed by atoms with van der Waals surface area (Å²) in [6, 6.07) is 5.59. The molecule has 0 aliphatic heterocycles. The zero-order valence-corrected chi connectivity index (χ0v) is 19.5. The Labute approximate surface area is 205 Å². The third-order valence-corrected chi connectivity index (χ3v) is 6.74. The van der Waals surface area contributed by atoms with Gasteiger partial charge >= 0.3 is 41.3 Å². The van der Waals surface area contributed by atoms with E-state index in [0.717, 1.165) is 17.8 Å². The molecular formula is C19H9BrF11NO3S. The van der Waals surface area contributed by atoms with Crippen molar-refractivity contribution in [3.63, 3.8) is 0 Å². The second-order valence-corrected chi connectivity index (χ2v) is 9.13. The number of carbonyl (C=O) groups excluding carboxylic acids is 2. The highest BCUT2D eigenvalue weighted by Gasteiger charge is 3.02. The van der Waals surface area contributed by atoms with Gasteiger partial charge in [0, 0.05) is 15.4 Å². The van der Waals surface area contributed by atoms with E-state index in [0.29, 0.717) is 4.47 Å². The molecule has 198 valence electrons. The third-order valence-electron chi connectivity index (χ3n) is 5.32. The quantitative estimate of drug-likeness (QED) is 0.303. The molecule has 1 saturated carbocycles. The molecule has 1 fully saturated rings. The number of alkyl halides is 11. The zero-order valence-electron chi connectivity index (χ0n) is 17.1. The second kappa shape index (κ2) is 8.29. The van der Waals surface area contributed by atoms with E-state index >= 15 is 4.39 Å². The first-order chi connectivity index (χ1) is 16.2. The third kappa shape index (κ3) is 3.30. The van der Waals surface area contributed by atoms with Gasteiger partial charge in [-0.1, -0.05) is 28.1 Å². The molecule has 1 N–H and O–H groups in total. The van der Waals surface area contributed by atoms with E-state index in [4.69, 9.17) is 0 Å². The lowest BCUT2D eigenvalue weighted by Crippen LogP contribution is -2.86. The molecule has 0 spiro atoms. The molecule has 0 atom stereocenters. The molecule has 0 saturated heterocycles. The van der Waals surface area contributed by atoms with E-state index in [2.05, 4.69) is 20.7 Å². The van der Waals surface area contributed by atoms with Crippen molar-refractivity contribution in [2.75, 3.05) is 12.4 Å². The Hall–Kier alpha value is -2.43. The fourth-order valence-corrected chi connectivity index (χ4v) is 4.51. The van der Waals surface area contributed by atoms with Crippen LogP contribution in [0.15, 0.2) is 34.1 Å². The van der Waals surface area contributed by atoms with Crippen LogP contribution in [0.3, 0.4) is 0 Å². The van der Waals surface area contributed by atoms with Crippen LogP contribution in [0.25, 0.3) is 11.1 Å². The molecule has 1 amide bonds. The van der Waals surface area contributed by atoms with Crippen LogP contribution >= 0.6 is 27.3 Å². The standard InChI is InChI=1S/C19H9BrF11NO3S/c1-35-12(33)10-9(7-2-4-8(20)5-3-7)6-36-11(10)32-13(34)14(21)15(22,23)17(26,27)19(30,31)18(28,29)16(14,24)25/h2-6H,1H3,(H,32,34). The molecule has 17 heteroatoms. The Morgan fingerprint density at radius 1 is 0.806 bits per heavy atom. The molecule has 1 aromatic carbocycles. The van der Waals surface area contributed by atoms with Gasteiger partial charge in [-0.15, -0.1) is 11.3 Å². The lowest BCUT2D eigenvalue weighted by Gasteiger charge is -2.51. The van der Waals surface area contributed by atoms with Gasteiger partial charge in [-0.25, -0.2) is 9.18 Å². The molecule has 1 aliphatic carbocycles. The Morgan fingerprint density at radius 3 is 1.69 bits per heavy atom. The summed E-state index contributed by atoms with van der Waals surface area (Å²) in [5.41, 5.74) is -7.68. The maximum absolute atomic E-state index is 15.0. The first-order valence-electron chi connectivity index (χ1n) is 9.09. The number of ether oxygens (including phenoxy) is 1. The van der Waals surface area contributed by atoms with Crippen molar-refractivity contribution in [2.45, 2.75) is 35.3 Å². The van der Waals surface area contributed by atoms with Gasteiger partial charge in [0.05, 0.1) is 7.11 Å². The summed E-state index contributed by atoms with van der Waals surface area (Å²) in [4.78, 5) is 24.5. The van der Waals surface area contributed by atoms with E-state index < -0.39 is 57.7 Å². The van der Waals surface area contributed by atoms with Gasteiger partial charge in [-0.3, -0.25) is 4.79 Å². The molecule has 0 bridgehead atoms. The minimum Gasteiger partial charge on any atom is -0.465 e. The van der Waals surface area contributed by atoms with Crippen molar-refractivity contribution in [2.24, 2.45) is 0 Å². The fourth-order valence-electron chi connectivity index (χ4n) is 3.29. The number of carbonyl (C=O) groups is 2. The van der Waals surface area contributed by atoms with Crippen LogP contribution in [0.1, 0.15) is 10.4 Å². The molecule has 4 nitrogen and oxygen atoms in total. The molecule has 0 unspecified atom stereocenters. The Bertz CT molecular complexity index is 1180. The van der Waals surface area contributed by atoms with Gasteiger partial charge < -0.3 is 10.1 Å². The van der Waals surface area contributed by atoms with E-state index in [9.17, 15) is 53.5 Å². The number of hydrogen-bond acceptors (Lipinski definition) is 4. The molecule has 2 aromatic rings. The Kier molecular flexibility index (Phi) is 6.48. The largest absolute Gasteiger partial charge is 0.465 e. The highest BCUT2D eigenvalue weighted by atomic mass is 79.9. The number of methoxy groups -OCH3 is 1. The van der Waals surface area contributed by atoms with Gasteiger partial charge in [-0.05, 0) is 17.7 Å². The predicted octanol–water partition coefficient (Wildman–Crippen LogP) is 6.80. The number of rotatable bonds is 4. The highest BCUT2D eigenvalue weighted by Crippen LogP contribution is 2.69. The second-order valence-electron chi connectivity index (χ2n) is 7.34. The summed E-state index contributed by atoms with van der Waals surface area (Å²) in [5.74, 6) is -42.0. The summed E-state index contributed by atoms with van der Waals surface area (Å²) in [6.45, 7) is 0. The van der Waals surface area contributed by atoms with Crippen LogP contribution in [-0.4, -0.2) is 54.3 Å². The van der Waals surface area contributed by atoms with E-state index in [1.165, 1.54) is 24.3 Å². The van der Waals surface area contributed by atoms with Crippen LogP contribution in [-0.2, 0) is 9.53 Å². The number of halogens is 12. The molecule has 36 heavy (non-hydrogen) atoms. The topological polar surface area (TPSA) is 55.4 Å². The number of anilines is 1. The summed E-state index contributed by atoms with van der Waals surface area (Å²) in [5, 5.41) is 0.921. The van der Waals surface area contributed by atoms with Gasteiger partial charge in [-0.2, -0.15) is 43.9 Å². The van der Waals surface area contributed by atoms with Crippen LogP contribution in [0.5, 0.6) is 0 Å². The molecule has 1 aromatic heterocycles. The number of amides is 1. The van der Waals surface area contributed by atoms with Gasteiger partial charge in [0.25, 0.3) is 5.91 Å². The summed E-state index contributed by atoms with van der Waals surface area (Å²) in [7, 11) is 0.778. The monoisotopic (exact) mass is 619 g/mol. The van der Waals surface area contributed by atoms with Crippen LogP contribution in [0.2, 0.25) is 0 Å². The van der Waals surface area contributed by atoms with Crippen molar-refractivity contribution >= 4 is 44.1 Å². The number of esters is 1. The van der Waals surface area contributed by atoms with E-state index in [1.54, 1.807) is 0 Å². The van der Waals surface area contributed by atoms with Crippen molar-refractivity contribution in [1.29, 1.82) is 0 Å². The average Bonchev–Trinajstić information content (AvgIpc) is 3.20. The smallest absolute Gasteiger partial charge is 0.384 e. The summed E-state index contributed by atoms with van der Waals surface area (Å²) in [6.07, 6.45) is 0. The summed E-state index contributed by atoms with van der Waals surface area (Å²) < 4.78 is 158. The first-order valence-corrected chi connectivity index (χ1v) is 10.8. The minimum atomic E-state index is -7.46. The number of thiophene rings is 1. The first kappa shape index (κ1) is 28.1. The van der Waals surface area contributed by atoms with Crippen molar-refractivity contribution in [3.8, 4) is 11.1 Å². The normalized spacial score (nSPS) is 22.5. The number of nitrogens with one attached hydrogen (secondary N) is 1.